The molecule has 0 bridgehead atoms. The molecule has 0 radical (unpaired) electrons. The number of anilines is 3. The van der Waals surface area contributed by atoms with Crippen LogP contribution in [0, 0.1) is 0 Å². The van der Waals surface area contributed by atoms with Crippen molar-refractivity contribution >= 4 is 60.9 Å². The predicted molar refractivity (Wildman–Crippen MR) is 268 cm³/mol. The second kappa shape index (κ2) is 14.2. The summed E-state index contributed by atoms with van der Waals surface area (Å²) in [5.41, 5.74) is 20.5. The van der Waals surface area contributed by atoms with Crippen LogP contribution in [0.3, 0.4) is 0 Å². The Kier molecular flexibility index (Phi) is 8.45. The van der Waals surface area contributed by atoms with Crippen LogP contribution in [0.4, 0.5) is 17.1 Å². The van der Waals surface area contributed by atoms with Crippen LogP contribution < -0.4 is 4.90 Å². The van der Waals surface area contributed by atoms with Gasteiger partial charge in [0.05, 0.1) is 0 Å². The quantitative estimate of drug-likeness (QED) is 0.167. The van der Waals surface area contributed by atoms with Crippen molar-refractivity contribution in [3.05, 3.63) is 211 Å². The minimum absolute atomic E-state index is 0.0585. The van der Waals surface area contributed by atoms with E-state index in [4.69, 9.17) is 8.83 Å². The number of para-hydroxylation sites is 4. The van der Waals surface area contributed by atoms with Crippen LogP contribution in [0.15, 0.2) is 203 Å². The lowest BCUT2D eigenvalue weighted by atomic mass is 9.79. The lowest BCUT2D eigenvalue weighted by Gasteiger charge is -2.26. The molecule has 0 N–H and O–H groups in total. The molecule has 1 aliphatic carbocycles. The van der Waals surface area contributed by atoms with Gasteiger partial charge in [0.2, 0.25) is 0 Å². The summed E-state index contributed by atoms with van der Waals surface area (Å²) in [4.78, 5) is 2.34. The van der Waals surface area contributed by atoms with E-state index in [1.54, 1.807) is 0 Å². The number of benzene rings is 9. The number of fused-ring (bicyclic) bond motifs is 9. The topological polar surface area (TPSA) is 29.5 Å². The smallest absolute Gasteiger partial charge is 0.143 e. The monoisotopic (exact) mass is 825 g/mol. The first-order valence-electron chi connectivity index (χ1n) is 22.3. The summed E-state index contributed by atoms with van der Waals surface area (Å²) in [5.74, 6) is 0. The van der Waals surface area contributed by atoms with Gasteiger partial charge >= 0.3 is 0 Å². The average molecular weight is 826 g/mol. The average Bonchev–Trinajstić information content (AvgIpc) is 3.97. The minimum atomic E-state index is -0.0585. The van der Waals surface area contributed by atoms with Gasteiger partial charge < -0.3 is 13.7 Å². The highest BCUT2D eigenvalue weighted by atomic mass is 16.3. The van der Waals surface area contributed by atoms with E-state index in [0.29, 0.717) is 0 Å². The molecule has 0 aliphatic heterocycles. The van der Waals surface area contributed by atoms with Crippen LogP contribution in [-0.2, 0) is 10.8 Å². The first-order chi connectivity index (χ1) is 31.1. The number of nitrogens with zero attached hydrogens (tertiary/aromatic N) is 1. The maximum Gasteiger partial charge on any atom is 0.143 e. The van der Waals surface area contributed by atoms with Gasteiger partial charge in [-0.3, -0.25) is 0 Å². The molecule has 0 unspecified atom stereocenters. The molecule has 3 nitrogen and oxygen atoms in total. The molecule has 0 saturated carbocycles. The highest BCUT2D eigenvalue weighted by Crippen LogP contribution is 2.51. The Hall–Kier alpha value is -7.62. The molecule has 64 heavy (non-hydrogen) atoms. The summed E-state index contributed by atoms with van der Waals surface area (Å²) in [7, 11) is 0. The van der Waals surface area contributed by atoms with Gasteiger partial charge in [0.15, 0.2) is 0 Å². The van der Waals surface area contributed by atoms with Gasteiger partial charge in [0, 0.05) is 55.1 Å². The second-order valence-corrected chi connectivity index (χ2v) is 18.9. The molecule has 3 heteroatoms. The third-order valence-electron chi connectivity index (χ3n) is 13.7. The zero-order chi connectivity index (χ0) is 43.3. The molecule has 308 valence electrons. The Bertz CT molecular complexity index is 3440. The second-order valence-electron chi connectivity index (χ2n) is 18.9. The molecule has 9 aromatic carbocycles. The summed E-state index contributed by atoms with van der Waals surface area (Å²) in [6.45, 7) is 11.6. The molecule has 2 heterocycles. The van der Waals surface area contributed by atoms with Gasteiger partial charge in [-0.15, -0.1) is 0 Å². The first kappa shape index (κ1) is 38.1. The Morgan fingerprint density at radius 1 is 0.375 bits per heavy atom. The fraction of sp³-hybridized carbons (Fsp3) is 0.115. The van der Waals surface area contributed by atoms with Gasteiger partial charge in [-0.05, 0) is 110 Å². The summed E-state index contributed by atoms with van der Waals surface area (Å²) >= 11 is 0. The van der Waals surface area contributed by atoms with Crippen LogP contribution in [-0.4, -0.2) is 0 Å². The summed E-state index contributed by atoms with van der Waals surface area (Å²) in [5, 5.41) is 4.52. The van der Waals surface area contributed by atoms with E-state index in [9.17, 15) is 0 Å². The molecule has 1 aliphatic rings. The lowest BCUT2D eigenvalue weighted by molar-refractivity contribution is 0.584. The number of furan rings is 2. The van der Waals surface area contributed by atoms with Gasteiger partial charge in [-0.25, -0.2) is 0 Å². The van der Waals surface area contributed by atoms with E-state index in [1.807, 2.05) is 24.3 Å². The van der Waals surface area contributed by atoms with Crippen LogP contribution in [0.5, 0.6) is 0 Å². The van der Waals surface area contributed by atoms with E-state index >= 15 is 0 Å². The molecular weight excluding hydrogens is 779 g/mol. The first-order valence-corrected chi connectivity index (χ1v) is 22.3. The summed E-state index contributed by atoms with van der Waals surface area (Å²) in [6, 6.07) is 70.3. The fourth-order valence-corrected chi connectivity index (χ4v) is 10.2. The molecule has 2 aromatic heterocycles. The summed E-state index contributed by atoms with van der Waals surface area (Å²) in [6.07, 6.45) is 0. The van der Waals surface area contributed by atoms with Crippen molar-refractivity contribution in [3.8, 4) is 44.5 Å². The van der Waals surface area contributed by atoms with Crippen molar-refractivity contribution in [2.24, 2.45) is 0 Å². The lowest BCUT2D eigenvalue weighted by Crippen LogP contribution is -2.17. The van der Waals surface area contributed by atoms with Crippen molar-refractivity contribution < 1.29 is 8.83 Å². The van der Waals surface area contributed by atoms with Gasteiger partial charge in [0.1, 0.15) is 22.3 Å². The maximum atomic E-state index is 6.45. The standard InChI is InChI=1S/C61H47NO2/c1-60(2,3)42-27-34-48-53-36-41(26-35-54(53)61(4,5)55(48)37-42)38-20-28-43(29-21-38)62(44-30-22-39(23-31-44)46-14-10-16-51-49-12-6-8-18-56(49)63-58(46)51)45-32-24-40(25-33-45)47-15-11-17-52-50-13-7-9-19-57(50)64-59(47)52/h6-37H,1-5H3. The third-order valence-corrected chi connectivity index (χ3v) is 13.7. The molecule has 0 amide bonds. The van der Waals surface area contributed by atoms with E-state index in [2.05, 4.69) is 209 Å². The molecule has 12 rings (SSSR count). The van der Waals surface area contributed by atoms with Crippen molar-refractivity contribution in [2.45, 2.75) is 45.4 Å². The number of rotatable bonds is 6. The SMILES string of the molecule is CC(C)(C)c1ccc2c(c1)C(C)(C)c1ccc(-c3ccc(N(c4ccc(-c5cccc6c5oc5ccccc56)cc4)c4ccc(-c5cccc6c5oc5ccccc56)cc4)cc3)cc1-2. The largest absolute Gasteiger partial charge is 0.455 e. The highest BCUT2D eigenvalue weighted by molar-refractivity contribution is 6.10. The van der Waals surface area contributed by atoms with Crippen LogP contribution in [0.25, 0.3) is 88.4 Å². The Labute approximate surface area is 373 Å². The van der Waals surface area contributed by atoms with E-state index in [-0.39, 0.29) is 10.8 Å². The fourth-order valence-electron chi connectivity index (χ4n) is 10.2. The van der Waals surface area contributed by atoms with Gasteiger partial charge in [0.25, 0.3) is 0 Å². The molecule has 0 atom stereocenters. The van der Waals surface area contributed by atoms with Gasteiger partial charge in [-0.2, -0.15) is 0 Å². The molecule has 11 aromatic rings. The van der Waals surface area contributed by atoms with E-state index < -0.39 is 0 Å². The molecule has 0 fully saturated rings. The molecular formula is C61H47NO2. The number of hydrogen-bond acceptors (Lipinski definition) is 3. The Morgan fingerprint density at radius 3 is 1.36 bits per heavy atom. The van der Waals surface area contributed by atoms with Crippen LogP contribution in [0.2, 0.25) is 0 Å². The molecule has 0 spiro atoms. The Balaban J connectivity index is 0.929. The zero-order valence-corrected chi connectivity index (χ0v) is 36.7. The van der Waals surface area contributed by atoms with Crippen LogP contribution >= 0.6 is 0 Å². The maximum absolute atomic E-state index is 6.45. The van der Waals surface area contributed by atoms with E-state index in [1.165, 1.54) is 38.9 Å². The van der Waals surface area contributed by atoms with Crippen molar-refractivity contribution in [3.63, 3.8) is 0 Å². The van der Waals surface area contributed by atoms with Crippen molar-refractivity contribution in [1.29, 1.82) is 0 Å². The molecule has 0 saturated heterocycles. The van der Waals surface area contributed by atoms with Gasteiger partial charge in [-0.1, -0.05) is 174 Å². The highest BCUT2D eigenvalue weighted by Gasteiger charge is 2.36. The third kappa shape index (κ3) is 6.02. The van der Waals surface area contributed by atoms with E-state index in [0.717, 1.165) is 83.2 Å². The van der Waals surface area contributed by atoms with Crippen molar-refractivity contribution in [1.82, 2.24) is 0 Å². The zero-order valence-electron chi connectivity index (χ0n) is 36.7. The van der Waals surface area contributed by atoms with Crippen molar-refractivity contribution in [2.75, 3.05) is 4.90 Å². The van der Waals surface area contributed by atoms with Crippen LogP contribution in [0.1, 0.15) is 51.3 Å². The minimum Gasteiger partial charge on any atom is -0.455 e. The normalized spacial score (nSPS) is 13.2. The number of hydrogen-bond donors (Lipinski definition) is 0. The summed E-state index contributed by atoms with van der Waals surface area (Å²) < 4.78 is 12.9. The Morgan fingerprint density at radius 2 is 0.844 bits per heavy atom. The predicted octanol–water partition coefficient (Wildman–Crippen LogP) is 17.6.